The Bertz CT molecular complexity index is 523. The number of unbranched alkanes of at least 4 members (excludes halogenated alkanes) is 18. The van der Waals surface area contributed by atoms with Crippen LogP contribution in [0.1, 0.15) is 202 Å². The molecule has 0 unspecified atom stereocenters. The molecule has 0 aliphatic carbocycles. The standard InChI is InChI=1S/C39H81NO2/c1-9-11-13-15-17-19-21-23-25-27-30-37(31-28-26-24-22-20-18-16-14-12-10-2)36-40(7)34-29-32-39(5,6)42-35-33-38(3,4)41-8/h37H,9-36H2,1-8H3. The first-order valence-electron chi connectivity index (χ1n) is 19.0. The van der Waals surface area contributed by atoms with Gasteiger partial charge in [0.25, 0.3) is 0 Å². The third-order valence-corrected chi connectivity index (χ3v) is 9.57. The molecule has 3 nitrogen and oxygen atoms in total. The van der Waals surface area contributed by atoms with E-state index >= 15 is 0 Å². The molecule has 0 atom stereocenters. The van der Waals surface area contributed by atoms with Crippen LogP contribution in [0, 0.1) is 5.92 Å². The molecule has 0 spiro atoms. The number of hydrogen-bond acceptors (Lipinski definition) is 3. The van der Waals surface area contributed by atoms with Crippen molar-refractivity contribution in [1.29, 1.82) is 0 Å². The lowest BCUT2D eigenvalue weighted by molar-refractivity contribution is -0.0623. The summed E-state index contributed by atoms with van der Waals surface area (Å²) in [5.41, 5.74) is -0.163. The maximum atomic E-state index is 6.27. The van der Waals surface area contributed by atoms with Crippen molar-refractivity contribution < 1.29 is 9.47 Å². The van der Waals surface area contributed by atoms with Gasteiger partial charge in [-0.05, 0) is 79.3 Å². The Morgan fingerprint density at radius 1 is 0.524 bits per heavy atom. The predicted octanol–water partition coefficient (Wildman–Crippen LogP) is 12.5. The Morgan fingerprint density at radius 2 is 0.929 bits per heavy atom. The van der Waals surface area contributed by atoms with Crippen LogP contribution in [0.2, 0.25) is 0 Å². The van der Waals surface area contributed by atoms with Crippen molar-refractivity contribution in [3.63, 3.8) is 0 Å². The van der Waals surface area contributed by atoms with Gasteiger partial charge in [-0.2, -0.15) is 0 Å². The third kappa shape index (κ3) is 28.6. The van der Waals surface area contributed by atoms with Crippen LogP contribution < -0.4 is 0 Å². The summed E-state index contributed by atoms with van der Waals surface area (Å²) in [5, 5.41) is 0. The molecular formula is C39H81NO2. The molecule has 0 saturated heterocycles. The molecule has 0 aromatic rings. The van der Waals surface area contributed by atoms with E-state index in [0.29, 0.717) is 0 Å². The van der Waals surface area contributed by atoms with Crippen molar-refractivity contribution >= 4 is 0 Å². The Kier molecular flexibility index (Phi) is 28.3. The Balaban J connectivity index is 4.34. The highest BCUT2D eigenvalue weighted by molar-refractivity contribution is 4.73. The Labute approximate surface area is 267 Å². The average molecular weight is 596 g/mol. The van der Waals surface area contributed by atoms with Gasteiger partial charge < -0.3 is 14.4 Å². The largest absolute Gasteiger partial charge is 0.379 e. The molecule has 0 aromatic carbocycles. The van der Waals surface area contributed by atoms with E-state index in [4.69, 9.17) is 9.47 Å². The van der Waals surface area contributed by atoms with Gasteiger partial charge in [0.2, 0.25) is 0 Å². The summed E-state index contributed by atoms with van der Waals surface area (Å²) in [7, 11) is 4.15. The molecule has 254 valence electrons. The molecule has 0 amide bonds. The molecule has 0 fully saturated rings. The van der Waals surface area contributed by atoms with Crippen molar-refractivity contribution in [2.45, 2.75) is 213 Å². The minimum absolute atomic E-state index is 0.0595. The number of methoxy groups -OCH3 is 1. The highest BCUT2D eigenvalue weighted by Gasteiger charge is 2.22. The van der Waals surface area contributed by atoms with Crippen molar-refractivity contribution in [2.75, 3.05) is 33.9 Å². The minimum atomic E-state index is -0.103. The summed E-state index contributed by atoms with van der Waals surface area (Å²) in [6, 6.07) is 0. The van der Waals surface area contributed by atoms with Gasteiger partial charge in [-0.3, -0.25) is 0 Å². The van der Waals surface area contributed by atoms with Crippen molar-refractivity contribution in [3.8, 4) is 0 Å². The molecule has 0 saturated carbocycles. The zero-order chi connectivity index (χ0) is 31.4. The van der Waals surface area contributed by atoms with Gasteiger partial charge in [0, 0.05) is 13.7 Å². The number of rotatable bonds is 33. The molecule has 0 heterocycles. The normalized spacial score (nSPS) is 12.7. The van der Waals surface area contributed by atoms with Gasteiger partial charge in [0.15, 0.2) is 0 Å². The van der Waals surface area contributed by atoms with Gasteiger partial charge in [-0.15, -0.1) is 0 Å². The van der Waals surface area contributed by atoms with Crippen LogP contribution in [-0.2, 0) is 9.47 Å². The molecule has 3 heteroatoms. The monoisotopic (exact) mass is 596 g/mol. The van der Waals surface area contributed by atoms with Gasteiger partial charge in [-0.1, -0.05) is 142 Å². The highest BCUT2D eigenvalue weighted by atomic mass is 16.5. The van der Waals surface area contributed by atoms with E-state index in [1.165, 1.54) is 161 Å². The molecule has 0 bridgehead atoms. The molecule has 0 aliphatic heterocycles. The fraction of sp³-hybridized carbons (Fsp3) is 1.00. The minimum Gasteiger partial charge on any atom is -0.379 e. The first kappa shape index (κ1) is 41.9. The topological polar surface area (TPSA) is 21.7 Å². The van der Waals surface area contributed by atoms with E-state index in [1.807, 2.05) is 0 Å². The number of hydrogen-bond donors (Lipinski definition) is 0. The first-order valence-corrected chi connectivity index (χ1v) is 19.0. The average Bonchev–Trinajstić information content (AvgIpc) is 2.94. The lowest BCUT2D eigenvalue weighted by Gasteiger charge is -2.30. The lowest BCUT2D eigenvalue weighted by atomic mass is 9.93. The SMILES string of the molecule is CCCCCCCCCCCCC(CCCCCCCCCCCC)CN(C)CCCC(C)(C)OCCC(C)(C)OC. The van der Waals surface area contributed by atoms with Crippen molar-refractivity contribution in [3.05, 3.63) is 0 Å². The summed E-state index contributed by atoms with van der Waals surface area (Å²) in [6.07, 6.45) is 34.9. The summed E-state index contributed by atoms with van der Waals surface area (Å²) >= 11 is 0. The van der Waals surface area contributed by atoms with Crippen LogP contribution >= 0.6 is 0 Å². The predicted molar refractivity (Wildman–Crippen MR) is 189 cm³/mol. The summed E-state index contributed by atoms with van der Waals surface area (Å²) < 4.78 is 11.8. The maximum Gasteiger partial charge on any atom is 0.0644 e. The molecule has 42 heavy (non-hydrogen) atoms. The van der Waals surface area contributed by atoms with Gasteiger partial charge in [0.1, 0.15) is 0 Å². The zero-order valence-corrected chi connectivity index (χ0v) is 30.6. The maximum absolute atomic E-state index is 6.27. The van der Waals surface area contributed by atoms with E-state index in [-0.39, 0.29) is 11.2 Å². The van der Waals surface area contributed by atoms with Gasteiger partial charge in [0.05, 0.1) is 17.8 Å². The smallest absolute Gasteiger partial charge is 0.0644 e. The van der Waals surface area contributed by atoms with Crippen LogP contribution in [-0.4, -0.2) is 50.0 Å². The van der Waals surface area contributed by atoms with Crippen LogP contribution in [0.3, 0.4) is 0 Å². The Hall–Kier alpha value is -0.120. The van der Waals surface area contributed by atoms with E-state index in [9.17, 15) is 0 Å². The Morgan fingerprint density at radius 3 is 1.33 bits per heavy atom. The van der Waals surface area contributed by atoms with Crippen molar-refractivity contribution in [1.82, 2.24) is 4.90 Å². The van der Waals surface area contributed by atoms with Crippen molar-refractivity contribution in [2.24, 2.45) is 5.92 Å². The summed E-state index contributed by atoms with van der Waals surface area (Å²) in [6.45, 7) is 16.6. The molecule has 0 aromatic heterocycles. The van der Waals surface area contributed by atoms with E-state index in [2.05, 4.69) is 53.5 Å². The van der Waals surface area contributed by atoms with Crippen LogP contribution in [0.5, 0.6) is 0 Å². The van der Waals surface area contributed by atoms with E-state index < -0.39 is 0 Å². The van der Waals surface area contributed by atoms with Gasteiger partial charge >= 0.3 is 0 Å². The third-order valence-electron chi connectivity index (χ3n) is 9.57. The fourth-order valence-corrected chi connectivity index (χ4v) is 6.22. The zero-order valence-electron chi connectivity index (χ0n) is 30.6. The number of nitrogens with zero attached hydrogens (tertiary/aromatic N) is 1. The number of ether oxygens (including phenoxy) is 2. The van der Waals surface area contributed by atoms with E-state index in [1.54, 1.807) is 7.11 Å². The molecular weight excluding hydrogens is 514 g/mol. The molecule has 0 N–H and O–H groups in total. The first-order chi connectivity index (χ1) is 20.2. The van der Waals surface area contributed by atoms with E-state index in [0.717, 1.165) is 25.4 Å². The lowest BCUT2D eigenvalue weighted by Crippen LogP contribution is -2.32. The van der Waals surface area contributed by atoms with Crippen LogP contribution in [0.15, 0.2) is 0 Å². The molecule has 0 rings (SSSR count). The molecule has 0 radical (unpaired) electrons. The second-order valence-electron chi connectivity index (χ2n) is 15.0. The summed E-state index contributed by atoms with van der Waals surface area (Å²) in [5.74, 6) is 0.874. The van der Waals surface area contributed by atoms with Gasteiger partial charge in [-0.25, -0.2) is 0 Å². The second-order valence-corrected chi connectivity index (χ2v) is 15.0. The quantitative estimate of drug-likeness (QED) is 0.0704. The summed E-state index contributed by atoms with van der Waals surface area (Å²) in [4.78, 5) is 2.63. The second kappa shape index (κ2) is 28.4. The molecule has 0 aliphatic rings. The fourth-order valence-electron chi connectivity index (χ4n) is 6.22. The van der Waals surface area contributed by atoms with Crippen LogP contribution in [0.4, 0.5) is 0 Å². The van der Waals surface area contributed by atoms with Crippen LogP contribution in [0.25, 0.3) is 0 Å². The highest BCUT2D eigenvalue weighted by Crippen LogP contribution is 2.23.